The van der Waals surface area contributed by atoms with Crippen molar-refractivity contribution in [2.24, 2.45) is 0 Å². The van der Waals surface area contributed by atoms with E-state index in [9.17, 15) is 14.9 Å². The summed E-state index contributed by atoms with van der Waals surface area (Å²) in [5.74, 6) is 0.288. The van der Waals surface area contributed by atoms with Gasteiger partial charge in [-0.3, -0.25) is 19.9 Å². The lowest BCUT2D eigenvalue weighted by molar-refractivity contribution is -0.384. The number of aromatic nitrogens is 3. The molecule has 28 heavy (non-hydrogen) atoms. The first-order valence-corrected chi connectivity index (χ1v) is 8.49. The van der Waals surface area contributed by atoms with Crippen LogP contribution < -0.4 is 10.9 Å². The van der Waals surface area contributed by atoms with Crippen LogP contribution in [0.1, 0.15) is 5.56 Å². The van der Waals surface area contributed by atoms with E-state index in [0.29, 0.717) is 16.5 Å². The van der Waals surface area contributed by atoms with Crippen LogP contribution in [0, 0.1) is 17.0 Å². The third-order valence-corrected chi connectivity index (χ3v) is 4.28. The van der Waals surface area contributed by atoms with Crippen LogP contribution in [0.5, 0.6) is 0 Å². The van der Waals surface area contributed by atoms with Crippen LogP contribution in [-0.4, -0.2) is 19.9 Å². The summed E-state index contributed by atoms with van der Waals surface area (Å²) >= 11 is 0. The van der Waals surface area contributed by atoms with Gasteiger partial charge in [0.1, 0.15) is 0 Å². The van der Waals surface area contributed by atoms with Crippen LogP contribution in [0.15, 0.2) is 65.6 Å². The van der Waals surface area contributed by atoms with Gasteiger partial charge in [0.05, 0.1) is 10.3 Å². The number of rotatable bonds is 4. The quantitative estimate of drug-likeness (QED) is 0.414. The van der Waals surface area contributed by atoms with E-state index < -0.39 is 4.92 Å². The van der Waals surface area contributed by atoms with Gasteiger partial charge in [-0.25, -0.2) is 4.98 Å². The molecule has 0 fully saturated rings. The van der Waals surface area contributed by atoms with Gasteiger partial charge >= 0.3 is 0 Å². The lowest BCUT2D eigenvalue weighted by Crippen LogP contribution is -2.13. The Bertz CT molecular complexity index is 1250. The van der Waals surface area contributed by atoms with Crippen molar-refractivity contribution >= 4 is 28.4 Å². The number of aromatic amines is 1. The topological polar surface area (TPSA) is 114 Å². The molecule has 2 aromatic carbocycles. The fourth-order valence-corrected chi connectivity index (χ4v) is 2.99. The maximum atomic E-state index is 12.7. The van der Waals surface area contributed by atoms with Crippen LogP contribution in [0.4, 0.5) is 17.3 Å². The highest BCUT2D eigenvalue weighted by molar-refractivity contribution is 5.92. The first-order valence-electron chi connectivity index (χ1n) is 8.49. The highest BCUT2D eigenvalue weighted by atomic mass is 16.6. The molecule has 0 amide bonds. The number of pyridine rings is 1. The maximum Gasteiger partial charge on any atom is 0.269 e. The number of nitrogens with one attached hydrogen (secondary N) is 2. The second-order valence-electron chi connectivity index (χ2n) is 6.27. The molecule has 0 bridgehead atoms. The Kier molecular flexibility index (Phi) is 4.29. The summed E-state index contributed by atoms with van der Waals surface area (Å²) in [6.45, 7) is 1.97. The first kappa shape index (κ1) is 17.3. The molecule has 4 rings (SSSR count). The second-order valence-corrected chi connectivity index (χ2v) is 6.27. The van der Waals surface area contributed by atoms with Gasteiger partial charge < -0.3 is 5.32 Å². The standard InChI is InChI=1S/C20H15N5O3/c1-12-3-2-4-14(11-12)22-20-23-18-17(19(26)24-20)16(9-10-21-18)13-5-7-15(8-6-13)25(27)28/h2-11H,1H3,(H2,21,22,23,24,26). The Labute approximate surface area is 159 Å². The molecule has 2 aromatic heterocycles. The van der Waals surface area contributed by atoms with Crippen molar-refractivity contribution in [3.63, 3.8) is 0 Å². The van der Waals surface area contributed by atoms with Crippen molar-refractivity contribution in [1.82, 2.24) is 15.0 Å². The predicted molar refractivity (Wildman–Crippen MR) is 107 cm³/mol. The number of hydrogen-bond acceptors (Lipinski definition) is 6. The molecule has 0 aliphatic heterocycles. The molecule has 0 spiro atoms. The van der Waals surface area contributed by atoms with Crippen molar-refractivity contribution in [3.05, 3.63) is 86.8 Å². The van der Waals surface area contributed by atoms with Crippen molar-refractivity contribution < 1.29 is 4.92 Å². The monoisotopic (exact) mass is 373 g/mol. The summed E-state index contributed by atoms with van der Waals surface area (Å²) in [4.78, 5) is 34.5. The van der Waals surface area contributed by atoms with Crippen molar-refractivity contribution in [3.8, 4) is 11.1 Å². The van der Waals surface area contributed by atoms with E-state index in [-0.39, 0.29) is 22.8 Å². The number of anilines is 2. The highest BCUT2D eigenvalue weighted by Crippen LogP contribution is 2.26. The zero-order valence-electron chi connectivity index (χ0n) is 14.8. The minimum atomic E-state index is -0.466. The number of benzene rings is 2. The Hall–Kier alpha value is -4.07. The summed E-state index contributed by atoms with van der Waals surface area (Å²) < 4.78 is 0. The minimum Gasteiger partial charge on any atom is -0.326 e. The van der Waals surface area contributed by atoms with Gasteiger partial charge in [0.15, 0.2) is 5.65 Å². The zero-order chi connectivity index (χ0) is 19.7. The van der Waals surface area contributed by atoms with E-state index in [1.54, 1.807) is 24.4 Å². The molecule has 8 heteroatoms. The summed E-state index contributed by atoms with van der Waals surface area (Å²) in [6, 6.07) is 15.4. The van der Waals surface area contributed by atoms with Gasteiger partial charge in [-0.15, -0.1) is 0 Å². The third-order valence-electron chi connectivity index (χ3n) is 4.28. The number of nitro benzene ring substituents is 1. The van der Waals surface area contributed by atoms with Crippen LogP contribution in [0.2, 0.25) is 0 Å². The van der Waals surface area contributed by atoms with Crippen LogP contribution in [0.25, 0.3) is 22.2 Å². The smallest absolute Gasteiger partial charge is 0.269 e. The van der Waals surface area contributed by atoms with E-state index in [1.165, 1.54) is 12.1 Å². The van der Waals surface area contributed by atoms with Crippen LogP contribution >= 0.6 is 0 Å². The summed E-state index contributed by atoms with van der Waals surface area (Å²) in [5.41, 5.74) is 3.08. The highest BCUT2D eigenvalue weighted by Gasteiger charge is 2.13. The number of H-pyrrole nitrogens is 1. The Morgan fingerprint density at radius 3 is 2.61 bits per heavy atom. The lowest BCUT2D eigenvalue weighted by Gasteiger charge is -2.09. The molecular weight excluding hydrogens is 358 g/mol. The molecule has 138 valence electrons. The molecule has 0 saturated carbocycles. The van der Waals surface area contributed by atoms with Gasteiger partial charge in [0.2, 0.25) is 5.95 Å². The molecule has 4 aromatic rings. The average Bonchev–Trinajstić information content (AvgIpc) is 2.67. The minimum absolute atomic E-state index is 0.0150. The maximum absolute atomic E-state index is 12.7. The van der Waals surface area contributed by atoms with Crippen molar-refractivity contribution in [1.29, 1.82) is 0 Å². The molecule has 0 aliphatic rings. The van der Waals surface area contributed by atoms with Crippen molar-refractivity contribution in [2.75, 3.05) is 5.32 Å². The number of nitro groups is 1. The summed E-state index contributed by atoms with van der Waals surface area (Å²) in [5, 5.41) is 14.2. The molecule has 8 nitrogen and oxygen atoms in total. The molecule has 0 atom stereocenters. The second kappa shape index (κ2) is 6.92. The van der Waals surface area contributed by atoms with Gasteiger partial charge in [0, 0.05) is 24.0 Å². The molecular formula is C20H15N5O3. The molecule has 0 aliphatic carbocycles. The number of non-ortho nitro benzene ring substituents is 1. The van der Waals surface area contributed by atoms with E-state index in [1.807, 2.05) is 31.2 Å². The fraction of sp³-hybridized carbons (Fsp3) is 0.0500. The van der Waals surface area contributed by atoms with Gasteiger partial charge in [-0.1, -0.05) is 12.1 Å². The molecule has 2 N–H and O–H groups in total. The van der Waals surface area contributed by atoms with Crippen LogP contribution in [-0.2, 0) is 0 Å². The number of nitrogens with zero attached hydrogens (tertiary/aromatic N) is 3. The third kappa shape index (κ3) is 3.30. The molecule has 0 radical (unpaired) electrons. The zero-order valence-corrected chi connectivity index (χ0v) is 14.8. The predicted octanol–water partition coefficient (Wildman–Crippen LogP) is 3.95. The van der Waals surface area contributed by atoms with E-state index in [0.717, 1.165) is 11.3 Å². The number of aryl methyl sites for hydroxylation is 1. The molecule has 0 unspecified atom stereocenters. The Morgan fingerprint density at radius 1 is 1.11 bits per heavy atom. The van der Waals surface area contributed by atoms with E-state index in [4.69, 9.17) is 0 Å². The Morgan fingerprint density at radius 2 is 1.89 bits per heavy atom. The van der Waals surface area contributed by atoms with Gasteiger partial charge in [-0.05, 0) is 53.9 Å². The van der Waals surface area contributed by atoms with Gasteiger partial charge in [0.25, 0.3) is 11.2 Å². The van der Waals surface area contributed by atoms with E-state index in [2.05, 4.69) is 20.3 Å². The molecule has 0 saturated heterocycles. The van der Waals surface area contributed by atoms with E-state index >= 15 is 0 Å². The van der Waals surface area contributed by atoms with Crippen molar-refractivity contribution in [2.45, 2.75) is 6.92 Å². The molecule has 2 heterocycles. The average molecular weight is 373 g/mol. The lowest BCUT2D eigenvalue weighted by atomic mass is 10.0. The summed E-state index contributed by atoms with van der Waals surface area (Å²) in [6.07, 6.45) is 1.56. The largest absolute Gasteiger partial charge is 0.326 e. The fourth-order valence-electron chi connectivity index (χ4n) is 2.99. The summed E-state index contributed by atoms with van der Waals surface area (Å²) in [7, 11) is 0. The van der Waals surface area contributed by atoms with Gasteiger partial charge in [-0.2, -0.15) is 4.98 Å². The first-order chi connectivity index (χ1) is 13.5. The van der Waals surface area contributed by atoms with Crippen LogP contribution in [0.3, 0.4) is 0 Å². The Balaban J connectivity index is 1.78. The SMILES string of the molecule is Cc1cccc(Nc2nc3nccc(-c4ccc([N+](=O)[O-])cc4)c3c(=O)[nH]2)c1. The normalized spacial score (nSPS) is 10.8. The number of fused-ring (bicyclic) bond motifs is 1. The number of hydrogen-bond donors (Lipinski definition) is 2.